The maximum absolute atomic E-state index is 6.17. The Balaban J connectivity index is 1.95. The molecule has 1 aromatic rings. The first-order valence-corrected chi connectivity index (χ1v) is 7.93. The van der Waals surface area contributed by atoms with Gasteiger partial charge in [0.1, 0.15) is 0 Å². The zero-order valence-electron chi connectivity index (χ0n) is 10.4. The van der Waals surface area contributed by atoms with E-state index in [0.29, 0.717) is 5.41 Å². The third-order valence-electron chi connectivity index (χ3n) is 4.16. The van der Waals surface area contributed by atoms with Crippen LogP contribution in [0.1, 0.15) is 49.8 Å². The molecule has 0 aliphatic heterocycles. The van der Waals surface area contributed by atoms with E-state index >= 15 is 0 Å². The molecule has 0 radical (unpaired) electrons. The summed E-state index contributed by atoms with van der Waals surface area (Å²) in [7, 11) is 0. The molecule has 1 aromatic heterocycles. The Bertz CT molecular complexity index is 336. The molecule has 3 heteroatoms. The Morgan fingerprint density at radius 2 is 2.00 bits per heavy atom. The first kappa shape index (κ1) is 13.4. The summed E-state index contributed by atoms with van der Waals surface area (Å²) in [6, 6.07) is 2.01. The number of hydrogen-bond donors (Lipinski definition) is 1. The molecule has 2 rings (SSSR count). The van der Waals surface area contributed by atoms with Crippen molar-refractivity contribution in [1.29, 1.82) is 0 Å². The summed E-state index contributed by atoms with van der Waals surface area (Å²) < 4.78 is 0. The van der Waals surface area contributed by atoms with Gasteiger partial charge in [-0.15, -0.1) is 11.3 Å². The van der Waals surface area contributed by atoms with Gasteiger partial charge in [-0.3, -0.25) is 0 Å². The highest BCUT2D eigenvalue weighted by molar-refractivity contribution is 7.10. The molecular weight excluding hydrogens is 250 g/mol. The minimum Gasteiger partial charge on any atom is -0.330 e. The molecular formula is C14H22ClNS. The molecule has 0 aromatic carbocycles. The lowest BCUT2D eigenvalue weighted by molar-refractivity contribution is 0.161. The van der Waals surface area contributed by atoms with E-state index in [1.165, 1.54) is 49.8 Å². The molecule has 0 spiro atoms. The van der Waals surface area contributed by atoms with Crippen LogP contribution in [0.3, 0.4) is 0 Å². The number of nitrogens with two attached hydrogens (primary N) is 1. The maximum Gasteiger partial charge on any atom is 0.0544 e. The van der Waals surface area contributed by atoms with E-state index in [-0.39, 0.29) is 0 Å². The smallest absolute Gasteiger partial charge is 0.0544 e. The van der Waals surface area contributed by atoms with Gasteiger partial charge < -0.3 is 5.73 Å². The van der Waals surface area contributed by atoms with Crippen molar-refractivity contribution in [2.24, 2.45) is 11.1 Å². The third-order valence-corrected chi connectivity index (χ3v) is 5.61. The van der Waals surface area contributed by atoms with Crippen molar-refractivity contribution in [1.82, 2.24) is 0 Å². The largest absolute Gasteiger partial charge is 0.330 e. The summed E-state index contributed by atoms with van der Waals surface area (Å²) in [6.07, 6.45) is 10.5. The lowest BCUT2D eigenvalue weighted by Crippen LogP contribution is -2.27. The van der Waals surface area contributed by atoms with Crippen LogP contribution in [-0.2, 0) is 6.42 Å². The van der Waals surface area contributed by atoms with Crippen LogP contribution in [0.5, 0.6) is 0 Å². The highest BCUT2D eigenvalue weighted by Crippen LogP contribution is 2.43. The second kappa shape index (κ2) is 6.21. The first-order chi connectivity index (χ1) is 8.26. The normalized spacial score (nSPS) is 19.4. The lowest BCUT2D eigenvalue weighted by atomic mass is 9.69. The van der Waals surface area contributed by atoms with E-state index in [9.17, 15) is 0 Å². The fraction of sp³-hybridized carbons (Fsp3) is 0.714. The van der Waals surface area contributed by atoms with Gasteiger partial charge >= 0.3 is 0 Å². The summed E-state index contributed by atoms with van der Waals surface area (Å²) in [6.45, 7) is 0.832. The van der Waals surface area contributed by atoms with Crippen LogP contribution in [0.4, 0.5) is 0 Å². The molecule has 1 aliphatic rings. The van der Waals surface area contributed by atoms with Crippen LogP contribution in [0.15, 0.2) is 11.4 Å². The summed E-state index contributed by atoms with van der Waals surface area (Å²) >= 11 is 7.96. The van der Waals surface area contributed by atoms with E-state index < -0.39 is 0 Å². The van der Waals surface area contributed by atoms with Gasteiger partial charge in [0, 0.05) is 4.88 Å². The second-order valence-corrected chi connectivity index (χ2v) is 6.70. The predicted octanol–water partition coefficient (Wildman–Crippen LogP) is 4.63. The molecule has 0 amide bonds. The van der Waals surface area contributed by atoms with Crippen LogP contribution < -0.4 is 5.73 Å². The molecule has 0 saturated heterocycles. The molecule has 1 heterocycles. The van der Waals surface area contributed by atoms with Crippen molar-refractivity contribution in [3.05, 3.63) is 21.3 Å². The van der Waals surface area contributed by atoms with E-state index in [2.05, 4.69) is 5.38 Å². The van der Waals surface area contributed by atoms with Gasteiger partial charge in [-0.05, 0) is 55.5 Å². The van der Waals surface area contributed by atoms with E-state index in [4.69, 9.17) is 17.3 Å². The monoisotopic (exact) mass is 271 g/mol. The third kappa shape index (κ3) is 3.46. The van der Waals surface area contributed by atoms with Crippen LogP contribution in [-0.4, -0.2) is 6.54 Å². The molecule has 1 saturated carbocycles. The van der Waals surface area contributed by atoms with Crippen molar-refractivity contribution in [2.45, 2.75) is 51.4 Å². The van der Waals surface area contributed by atoms with Crippen molar-refractivity contribution < 1.29 is 0 Å². The molecule has 1 fully saturated rings. The zero-order chi connectivity index (χ0) is 12.1. The molecule has 2 N–H and O–H groups in total. The highest BCUT2D eigenvalue weighted by Gasteiger charge is 2.30. The topological polar surface area (TPSA) is 26.0 Å². The number of aryl methyl sites for hydroxylation is 1. The van der Waals surface area contributed by atoms with Crippen molar-refractivity contribution in [2.75, 3.05) is 6.54 Å². The fourth-order valence-corrected chi connectivity index (χ4v) is 4.25. The standard InChI is InChI=1S/C14H22ClNS/c15-12-5-11-17-13(12)4-8-14(9-10-16)6-2-1-3-7-14/h5,11H,1-4,6-10,16H2. The second-order valence-electron chi connectivity index (χ2n) is 5.29. The molecule has 1 nitrogen and oxygen atoms in total. The van der Waals surface area contributed by atoms with Gasteiger partial charge in [-0.1, -0.05) is 30.9 Å². The molecule has 0 unspecified atom stereocenters. The van der Waals surface area contributed by atoms with E-state index in [1.54, 1.807) is 11.3 Å². The Morgan fingerprint density at radius 3 is 2.59 bits per heavy atom. The minimum absolute atomic E-state index is 0.514. The van der Waals surface area contributed by atoms with E-state index in [0.717, 1.165) is 18.0 Å². The lowest BCUT2D eigenvalue weighted by Gasteiger charge is -2.37. The van der Waals surface area contributed by atoms with Gasteiger partial charge in [0.25, 0.3) is 0 Å². The molecule has 96 valence electrons. The minimum atomic E-state index is 0.514. The molecule has 1 aliphatic carbocycles. The summed E-state index contributed by atoms with van der Waals surface area (Å²) in [4.78, 5) is 1.36. The van der Waals surface area contributed by atoms with Gasteiger partial charge in [-0.25, -0.2) is 0 Å². The van der Waals surface area contributed by atoms with Gasteiger partial charge in [-0.2, -0.15) is 0 Å². The zero-order valence-corrected chi connectivity index (χ0v) is 12.0. The number of hydrogen-bond acceptors (Lipinski definition) is 2. The average molecular weight is 272 g/mol. The van der Waals surface area contributed by atoms with Crippen LogP contribution in [0.2, 0.25) is 5.02 Å². The summed E-state index contributed by atoms with van der Waals surface area (Å²) in [5, 5.41) is 3.04. The average Bonchev–Trinajstić information content (AvgIpc) is 2.74. The van der Waals surface area contributed by atoms with Crippen LogP contribution in [0.25, 0.3) is 0 Å². The molecule has 0 bridgehead atoms. The number of thiophene rings is 1. The quantitative estimate of drug-likeness (QED) is 0.830. The highest BCUT2D eigenvalue weighted by atomic mass is 35.5. The Morgan fingerprint density at radius 1 is 1.24 bits per heavy atom. The van der Waals surface area contributed by atoms with Crippen LogP contribution in [0, 0.1) is 5.41 Å². The molecule has 17 heavy (non-hydrogen) atoms. The van der Waals surface area contributed by atoms with Crippen molar-refractivity contribution in [3.63, 3.8) is 0 Å². The van der Waals surface area contributed by atoms with E-state index in [1.807, 2.05) is 6.07 Å². The number of rotatable bonds is 5. The summed E-state index contributed by atoms with van der Waals surface area (Å²) in [5.74, 6) is 0. The Labute approximate surface area is 113 Å². The van der Waals surface area contributed by atoms with Crippen molar-refractivity contribution >= 4 is 22.9 Å². The Kier molecular flexibility index (Phi) is 4.89. The fourth-order valence-electron chi connectivity index (χ4n) is 3.12. The number of halogens is 1. The van der Waals surface area contributed by atoms with Gasteiger partial charge in [0.05, 0.1) is 5.02 Å². The van der Waals surface area contributed by atoms with Crippen molar-refractivity contribution in [3.8, 4) is 0 Å². The predicted molar refractivity (Wildman–Crippen MR) is 76.8 cm³/mol. The SMILES string of the molecule is NCCC1(CCc2sccc2Cl)CCCCC1. The van der Waals surface area contributed by atoms with Crippen LogP contribution >= 0.6 is 22.9 Å². The molecule has 0 atom stereocenters. The first-order valence-electron chi connectivity index (χ1n) is 6.68. The Hall–Kier alpha value is -0.0500. The summed E-state index contributed by atoms with van der Waals surface area (Å²) in [5.41, 5.74) is 6.31. The van der Waals surface area contributed by atoms with Gasteiger partial charge in [0.2, 0.25) is 0 Å². The maximum atomic E-state index is 6.17. The van der Waals surface area contributed by atoms with Gasteiger partial charge in [0.15, 0.2) is 0 Å².